The molecule has 2 aromatic rings. The molecule has 2 N–H and O–H groups in total. The van der Waals surface area contributed by atoms with Crippen LogP contribution in [0.25, 0.3) is 0 Å². The first-order valence-electron chi connectivity index (χ1n) is 9.04. The average Bonchev–Trinajstić information content (AvgIpc) is 3.23. The minimum absolute atomic E-state index is 0.295. The molecule has 0 fully saturated rings. The van der Waals surface area contributed by atoms with Crippen molar-refractivity contribution >= 4 is 5.96 Å². The summed E-state index contributed by atoms with van der Waals surface area (Å²) < 4.78 is 8.93. The number of rotatable bonds is 7. The highest BCUT2D eigenvalue weighted by molar-refractivity contribution is 5.79. The molecule has 0 saturated carbocycles. The van der Waals surface area contributed by atoms with Crippen molar-refractivity contribution in [2.24, 2.45) is 12.0 Å². The number of aliphatic imine (C=N–C) groups is 1. The number of aryl methyl sites for hydroxylation is 3. The van der Waals surface area contributed by atoms with Crippen molar-refractivity contribution in [3.8, 4) is 0 Å². The number of nitrogens with one attached hydrogen (secondary N) is 2. The number of ether oxygens (including phenoxy) is 1. The number of aromatic nitrogens is 5. The fourth-order valence-electron chi connectivity index (χ4n) is 3.16. The van der Waals surface area contributed by atoms with Crippen molar-refractivity contribution in [1.29, 1.82) is 0 Å². The molecular weight excluding hydrogens is 332 g/mol. The maximum atomic E-state index is 5.11. The van der Waals surface area contributed by atoms with Gasteiger partial charge in [-0.2, -0.15) is 10.2 Å². The van der Waals surface area contributed by atoms with Crippen LogP contribution in [0.5, 0.6) is 0 Å². The van der Waals surface area contributed by atoms with Gasteiger partial charge in [0.25, 0.3) is 0 Å². The van der Waals surface area contributed by atoms with Crippen molar-refractivity contribution < 1.29 is 4.74 Å². The maximum absolute atomic E-state index is 5.11. The van der Waals surface area contributed by atoms with E-state index in [2.05, 4.69) is 37.0 Å². The van der Waals surface area contributed by atoms with Crippen LogP contribution in [-0.2, 0) is 37.8 Å². The van der Waals surface area contributed by atoms with E-state index in [1.807, 2.05) is 22.6 Å². The molecular formula is C17H28N8O. The van der Waals surface area contributed by atoms with Gasteiger partial charge in [0, 0.05) is 46.4 Å². The Labute approximate surface area is 153 Å². The van der Waals surface area contributed by atoms with Gasteiger partial charge in [0.2, 0.25) is 0 Å². The molecule has 3 heterocycles. The summed E-state index contributed by atoms with van der Waals surface area (Å²) in [5.41, 5.74) is 1.26. The van der Waals surface area contributed by atoms with Crippen molar-refractivity contribution in [2.45, 2.75) is 44.9 Å². The van der Waals surface area contributed by atoms with Gasteiger partial charge in [0.15, 0.2) is 11.8 Å². The Morgan fingerprint density at radius 2 is 2.35 bits per heavy atom. The zero-order valence-corrected chi connectivity index (χ0v) is 15.8. The average molecular weight is 360 g/mol. The van der Waals surface area contributed by atoms with Gasteiger partial charge in [0.1, 0.15) is 12.4 Å². The lowest BCUT2D eigenvalue weighted by Crippen LogP contribution is -2.47. The van der Waals surface area contributed by atoms with E-state index in [-0.39, 0.29) is 0 Å². The first-order valence-corrected chi connectivity index (χ1v) is 9.04. The van der Waals surface area contributed by atoms with Crippen LogP contribution in [0, 0.1) is 0 Å². The minimum Gasteiger partial charge on any atom is -0.377 e. The molecule has 1 aliphatic heterocycles. The summed E-state index contributed by atoms with van der Waals surface area (Å²) in [5, 5.41) is 15.6. The van der Waals surface area contributed by atoms with E-state index in [0.29, 0.717) is 12.6 Å². The van der Waals surface area contributed by atoms with Crippen LogP contribution in [0.4, 0.5) is 0 Å². The van der Waals surface area contributed by atoms with Crippen LogP contribution in [0.1, 0.15) is 30.1 Å². The Bertz CT molecular complexity index is 735. The SMILES string of the molecule is CN=C(NCCCc1cnn(C)c1)NC1CCc2nc(COC)nn2C1. The number of hydrogen-bond acceptors (Lipinski definition) is 5. The molecule has 2 aromatic heterocycles. The van der Waals surface area contributed by atoms with Crippen LogP contribution in [0.2, 0.25) is 0 Å². The lowest BCUT2D eigenvalue weighted by atomic mass is 10.1. The molecule has 9 nitrogen and oxygen atoms in total. The molecule has 9 heteroatoms. The van der Waals surface area contributed by atoms with Crippen molar-refractivity contribution in [3.63, 3.8) is 0 Å². The highest BCUT2D eigenvalue weighted by Crippen LogP contribution is 2.13. The monoisotopic (exact) mass is 360 g/mol. The molecule has 1 unspecified atom stereocenters. The van der Waals surface area contributed by atoms with Crippen LogP contribution in [0.15, 0.2) is 17.4 Å². The second-order valence-corrected chi connectivity index (χ2v) is 6.56. The van der Waals surface area contributed by atoms with Gasteiger partial charge in [0.05, 0.1) is 12.7 Å². The first-order chi connectivity index (χ1) is 12.7. The third kappa shape index (κ3) is 4.81. The van der Waals surface area contributed by atoms with Gasteiger partial charge in [-0.15, -0.1) is 0 Å². The second kappa shape index (κ2) is 8.79. The van der Waals surface area contributed by atoms with E-state index >= 15 is 0 Å². The highest BCUT2D eigenvalue weighted by atomic mass is 16.5. The molecule has 0 saturated heterocycles. The largest absolute Gasteiger partial charge is 0.377 e. The lowest BCUT2D eigenvalue weighted by Gasteiger charge is -2.25. The summed E-state index contributed by atoms with van der Waals surface area (Å²) in [6.07, 6.45) is 7.94. The molecule has 0 aliphatic carbocycles. The fourth-order valence-corrected chi connectivity index (χ4v) is 3.16. The van der Waals surface area contributed by atoms with Gasteiger partial charge < -0.3 is 15.4 Å². The quantitative estimate of drug-likeness (QED) is 0.418. The zero-order chi connectivity index (χ0) is 18.4. The Kier molecular flexibility index (Phi) is 6.21. The third-order valence-electron chi connectivity index (χ3n) is 4.43. The van der Waals surface area contributed by atoms with Crippen molar-refractivity contribution in [2.75, 3.05) is 20.7 Å². The molecule has 1 aliphatic rings. The minimum atomic E-state index is 0.295. The van der Waals surface area contributed by atoms with E-state index in [1.54, 1.807) is 14.2 Å². The van der Waals surface area contributed by atoms with Crippen LogP contribution >= 0.6 is 0 Å². The number of hydrogen-bond donors (Lipinski definition) is 2. The van der Waals surface area contributed by atoms with E-state index < -0.39 is 0 Å². The topological polar surface area (TPSA) is 94.2 Å². The molecule has 26 heavy (non-hydrogen) atoms. The summed E-state index contributed by atoms with van der Waals surface area (Å²) in [5.74, 6) is 2.62. The third-order valence-corrected chi connectivity index (χ3v) is 4.43. The van der Waals surface area contributed by atoms with Gasteiger partial charge in [-0.1, -0.05) is 0 Å². The molecule has 1 atom stereocenters. The Balaban J connectivity index is 1.43. The van der Waals surface area contributed by atoms with E-state index in [9.17, 15) is 0 Å². The smallest absolute Gasteiger partial charge is 0.191 e. The Morgan fingerprint density at radius 3 is 3.08 bits per heavy atom. The molecule has 142 valence electrons. The van der Waals surface area contributed by atoms with E-state index in [4.69, 9.17) is 4.74 Å². The number of fused-ring (bicyclic) bond motifs is 1. The molecule has 0 bridgehead atoms. The van der Waals surface area contributed by atoms with Gasteiger partial charge in [-0.25, -0.2) is 9.67 Å². The normalized spacial score (nSPS) is 17.2. The Morgan fingerprint density at radius 1 is 1.46 bits per heavy atom. The maximum Gasteiger partial charge on any atom is 0.191 e. The Hall–Kier alpha value is -2.42. The predicted molar refractivity (Wildman–Crippen MR) is 98.9 cm³/mol. The number of guanidine groups is 1. The summed E-state index contributed by atoms with van der Waals surface area (Å²) in [6, 6.07) is 0.295. The van der Waals surface area contributed by atoms with Gasteiger partial charge in [-0.3, -0.25) is 9.67 Å². The number of methoxy groups -OCH3 is 1. The summed E-state index contributed by atoms with van der Waals surface area (Å²) in [6.45, 7) is 2.12. The van der Waals surface area contributed by atoms with Gasteiger partial charge in [-0.05, 0) is 24.8 Å². The fraction of sp³-hybridized carbons (Fsp3) is 0.647. The molecule has 0 spiro atoms. The lowest BCUT2D eigenvalue weighted by molar-refractivity contribution is 0.177. The van der Waals surface area contributed by atoms with Crippen LogP contribution in [0.3, 0.4) is 0 Å². The highest BCUT2D eigenvalue weighted by Gasteiger charge is 2.22. The molecule has 0 aromatic carbocycles. The zero-order valence-electron chi connectivity index (χ0n) is 15.8. The summed E-state index contributed by atoms with van der Waals surface area (Å²) >= 11 is 0. The number of nitrogens with zero attached hydrogens (tertiary/aromatic N) is 6. The first kappa shape index (κ1) is 18.4. The van der Waals surface area contributed by atoms with Crippen LogP contribution < -0.4 is 10.6 Å². The summed E-state index contributed by atoms with van der Waals surface area (Å²) in [4.78, 5) is 8.85. The van der Waals surface area contributed by atoms with Crippen molar-refractivity contribution in [1.82, 2.24) is 35.2 Å². The molecule has 0 radical (unpaired) electrons. The predicted octanol–water partition coefficient (Wildman–Crippen LogP) is 0.271. The van der Waals surface area contributed by atoms with E-state index in [0.717, 1.165) is 56.4 Å². The standard InChI is InChI=1S/C17H28N8O/c1-18-17(19-8-4-5-13-9-20-24(2)10-13)21-14-6-7-16-22-15(12-26-3)23-25(16)11-14/h9-10,14H,4-8,11-12H2,1-3H3,(H2,18,19,21). The molecule has 0 amide bonds. The molecule has 3 rings (SSSR count). The van der Waals surface area contributed by atoms with E-state index in [1.165, 1.54) is 5.56 Å². The second-order valence-electron chi connectivity index (χ2n) is 6.56. The van der Waals surface area contributed by atoms with Gasteiger partial charge >= 0.3 is 0 Å². The van der Waals surface area contributed by atoms with Crippen molar-refractivity contribution in [3.05, 3.63) is 29.6 Å². The summed E-state index contributed by atoms with van der Waals surface area (Å²) in [7, 11) is 5.40. The van der Waals surface area contributed by atoms with Crippen LogP contribution in [-0.4, -0.2) is 57.2 Å².